The summed E-state index contributed by atoms with van der Waals surface area (Å²) in [6.45, 7) is 0. The Morgan fingerprint density at radius 3 is 1.23 bits per heavy atom. The molecule has 3 aromatic heterocycles. The van der Waals surface area contributed by atoms with Gasteiger partial charge in [0.15, 0.2) is 34.9 Å². The second-order valence-corrected chi connectivity index (χ2v) is 14.4. The fourth-order valence-corrected chi connectivity index (χ4v) is 7.71. The van der Waals surface area contributed by atoms with Crippen LogP contribution in [-0.4, -0.2) is 34.5 Å². The van der Waals surface area contributed by atoms with Gasteiger partial charge in [-0.25, -0.2) is 29.9 Å². The van der Waals surface area contributed by atoms with E-state index in [9.17, 15) is 0 Å². The summed E-state index contributed by atoms with van der Waals surface area (Å²) in [6.07, 6.45) is 0. The van der Waals surface area contributed by atoms with E-state index in [4.69, 9.17) is 36.8 Å². The second kappa shape index (κ2) is 15.4. The second-order valence-electron chi connectivity index (χ2n) is 14.4. The van der Waals surface area contributed by atoms with Crippen molar-refractivity contribution in [3.05, 3.63) is 212 Å². The number of hydrogen-bond acceptors (Lipinski definition) is 6. The van der Waals surface area contributed by atoms with Crippen LogP contribution in [-0.2, 0) is 0 Å². The van der Waals surface area contributed by atoms with E-state index in [1.807, 2.05) is 158 Å². The lowest BCUT2D eigenvalue weighted by atomic mass is 10.0. The van der Waals surface area contributed by atoms with E-state index in [0.717, 1.165) is 49.7 Å². The van der Waals surface area contributed by atoms with Gasteiger partial charge in [-0.05, 0) is 41.5 Å². The van der Waals surface area contributed by atoms with Crippen molar-refractivity contribution in [2.45, 2.75) is 0 Å². The van der Waals surface area contributed by atoms with Crippen LogP contribution in [0.25, 0.3) is 107 Å². The molecular weight excluding hydrogens is 747 g/mol. The molecule has 7 heteroatoms. The van der Waals surface area contributed by atoms with Crippen LogP contribution in [0.15, 0.2) is 212 Å². The maximum absolute atomic E-state index is 8.92. The molecule has 0 aliphatic rings. The van der Waals surface area contributed by atoms with Gasteiger partial charge in [0.1, 0.15) is 0 Å². The number of hydrogen-bond donors (Lipinski definition) is 0. The summed E-state index contributed by atoms with van der Waals surface area (Å²) in [5.41, 5.74) is 8.14. The Morgan fingerprint density at radius 1 is 0.311 bits per heavy atom. The van der Waals surface area contributed by atoms with Crippen LogP contribution in [0.4, 0.5) is 0 Å². The molecule has 8 aromatic carbocycles. The zero-order valence-corrected chi connectivity index (χ0v) is 32.5. The van der Waals surface area contributed by atoms with E-state index >= 15 is 0 Å². The highest BCUT2D eigenvalue weighted by molar-refractivity contribution is 6.09. The molecule has 11 aromatic rings. The summed E-state index contributed by atoms with van der Waals surface area (Å²) in [5, 5.41) is 2.16. The van der Waals surface area contributed by atoms with Gasteiger partial charge in [0.2, 0.25) is 0 Å². The van der Waals surface area contributed by atoms with Crippen LogP contribution >= 0.6 is 0 Å². The van der Waals surface area contributed by atoms with Gasteiger partial charge in [-0.2, -0.15) is 0 Å². The Hall–Kier alpha value is -8.42. The lowest BCUT2D eigenvalue weighted by molar-refractivity contribution is 1.06. The van der Waals surface area contributed by atoms with Crippen LogP contribution in [0.3, 0.4) is 0 Å². The number of fused-ring (bicyclic) bond motifs is 3. The summed E-state index contributed by atoms with van der Waals surface area (Å²) in [4.78, 5) is 30.1. The largest absolute Gasteiger partial charge is 0.309 e. The van der Waals surface area contributed by atoms with E-state index in [-0.39, 0.29) is 23.0 Å². The Kier molecular flexibility index (Phi) is 7.73. The van der Waals surface area contributed by atoms with Gasteiger partial charge >= 0.3 is 0 Å². The third-order valence-corrected chi connectivity index (χ3v) is 10.6. The average Bonchev–Trinajstić information content (AvgIpc) is 3.72. The standard InChI is InChI=1S/C54H35N7/c1-5-17-36(18-6-1)37-29-31-41(32-30-37)52-55-49(38-19-7-2-8-20-38)57-53(58-52)42-33-34-48(61-46-27-15-13-25-43(46)44-26-14-16-28-47(44)61)45(35-42)54-59-50(39-21-9-3-10-22-39)56-51(60-54)40-23-11-4-12-24-40/h1-35H/i2D,7D,8D,19D,20D. The lowest BCUT2D eigenvalue weighted by Gasteiger charge is -2.16. The molecule has 61 heavy (non-hydrogen) atoms. The van der Waals surface area contributed by atoms with Gasteiger partial charge in [-0.15, -0.1) is 0 Å². The fourth-order valence-electron chi connectivity index (χ4n) is 7.71. The minimum Gasteiger partial charge on any atom is -0.309 e. The third-order valence-electron chi connectivity index (χ3n) is 10.6. The molecule has 0 radical (unpaired) electrons. The van der Waals surface area contributed by atoms with Crippen molar-refractivity contribution in [3.63, 3.8) is 0 Å². The summed E-state index contributed by atoms with van der Waals surface area (Å²) in [6, 6.07) is 57.4. The predicted octanol–water partition coefficient (Wildman–Crippen LogP) is 12.8. The molecule has 11 rings (SSSR count). The van der Waals surface area contributed by atoms with Gasteiger partial charge in [0.25, 0.3) is 0 Å². The molecule has 0 aliphatic carbocycles. The highest BCUT2D eigenvalue weighted by Crippen LogP contribution is 2.38. The molecule has 7 nitrogen and oxygen atoms in total. The van der Waals surface area contributed by atoms with Crippen LogP contribution in [0.1, 0.15) is 6.85 Å². The van der Waals surface area contributed by atoms with Crippen molar-refractivity contribution >= 4 is 21.8 Å². The maximum Gasteiger partial charge on any atom is 0.166 e. The first-order valence-electron chi connectivity index (χ1n) is 22.3. The highest BCUT2D eigenvalue weighted by Gasteiger charge is 2.22. The van der Waals surface area contributed by atoms with Crippen molar-refractivity contribution in [1.82, 2.24) is 34.5 Å². The Bertz CT molecular complexity index is 3500. The predicted molar refractivity (Wildman–Crippen MR) is 246 cm³/mol. The first-order valence-corrected chi connectivity index (χ1v) is 19.8. The van der Waals surface area contributed by atoms with Crippen LogP contribution in [0.5, 0.6) is 0 Å². The molecule has 3 heterocycles. The Labute approximate surface area is 359 Å². The molecule has 0 saturated heterocycles. The SMILES string of the molecule is [2H]c1c([2H])c([2H])c(-c2nc(-c3ccc(-c4ccccc4)cc3)nc(-c3ccc(-n4c5ccccc5c5ccccc54)c(-c4nc(-c5ccccc5)nc(-c5ccccc5)n4)c3)n2)c([2H])c1[2H]. The summed E-state index contributed by atoms with van der Waals surface area (Å²) < 4.78 is 45.4. The summed E-state index contributed by atoms with van der Waals surface area (Å²) in [5.74, 6) is 1.78. The average molecular weight is 787 g/mol. The minimum absolute atomic E-state index is 0.0648. The van der Waals surface area contributed by atoms with Crippen LogP contribution in [0.2, 0.25) is 0 Å². The van der Waals surface area contributed by atoms with Crippen molar-refractivity contribution < 1.29 is 6.85 Å². The van der Waals surface area contributed by atoms with Gasteiger partial charge < -0.3 is 4.57 Å². The molecule has 0 N–H and O–H groups in total. The molecule has 0 atom stereocenters. The zero-order chi connectivity index (χ0) is 44.9. The minimum atomic E-state index is -0.507. The molecule has 0 saturated carbocycles. The molecule has 0 spiro atoms. The van der Waals surface area contributed by atoms with Gasteiger partial charge in [-0.1, -0.05) is 182 Å². The smallest absolute Gasteiger partial charge is 0.166 e. The molecule has 0 bridgehead atoms. The van der Waals surface area contributed by atoms with E-state index in [2.05, 4.69) is 28.8 Å². The van der Waals surface area contributed by atoms with Gasteiger partial charge in [0, 0.05) is 44.2 Å². The van der Waals surface area contributed by atoms with E-state index in [0.29, 0.717) is 34.2 Å². The van der Waals surface area contributed by atoms with Crippen molar-refractivity contribution in [1.29, 1.82) is 0 Å². The van der Waals surface area contributed by atoms with E-state index < -0.39 is 30.2 Å². The molecule has 0 unspecified atom stereocenters. The molecular formula is C54H35N7. The quantitative estimate of drug-likeness (QED) is 0.153. The molecule has 286 valence electrons. The van der Waals surface area contributed by atoms with Crippen LogP contribution in [0, 0.1) is 0 Å². The van der Waals surface area contributed by atoms with Gasteiger partial charge in [-0.3, -0.25) is 0 Å². The van der Waals surface area contributed by atoms with E-state index in [1.54, 1.807) is 0 Å². The summed E-state index contributed by atoms with van der Waals surface area (Å²) >= 11 is 0. The first kappa shape index (κ1) is 30.6. The number of para-hydroxylation sites is 2. The zero-order valence-electron chi connectivity index (χ0n) is 37.5. The number of benzene rings is 8. The fraction of sp³-hybridized carbons (Fsp3) is 0. The number of aromatic nitrogens is 7. The number of nitrogens with zero attached hydrogens (tertiary/aromatic N) is 7. The normalized spacial score (nSPS) is 12.4. The number of rotatable bonds is 8. The van der Waals surface area contributed by atoms with E-state index in [1.165, 1.54) is 0 Å². The lowest BCUT2D eigenvalue weighted by Crippen LogP contribution is -2.05. The third kappa shape index (κ3) is 6.80. The summed E-state index contributed by atoms with van der Waals surface area (Å²) in [7, 11) is 0. The maximum atomic E-state index is 8.92. The first-order chi connectivity index (χ1) is 32.3. The monoisotopic (exact) mass is 786 g/mol. The molecule has 0 aliphatic heterocycles. The topological polar surface area (TPSA) is 82.3 Å². The molecule has 0 amide bonds. The van der Waals surface area contributed by atoms with Crippen molar-refractivity contribution in [2.24, 2.45) is 0 Å². The van der Waals surface area contributed by atoms with Crippen LogP contribution < -0.4 is 0 Å². The Morgan fingerprint density at radius 2 is 0.689 bits per heavy atom. The highest BCUT2D eigenvalue weighted by atomic mass is 15.1. The van der Waals surface area contributed by atoms with Crippen molar-refractivity contribution in [2.75, 3.05) is 0 Å². The Balaban J connectivity index is 1.19. The van der Waals surface area contributed by atoms with Gasteiger partial charge in [0.05, 0.1) is 23.6 Å². The van der Waals surface area contributed by atoms with Crippen molar-refractivity contribution in [3.8, 4) is 85.1 Å². The molecule has 0 fully saturated rings.